The van der Waals surface area contributed by atoms with Crippen LogP contribution in [0.3, 0.4) is 0 Å². The number of aryl methyl sites for hydroxylation is 2. The molecule has 6 nitrogen and oxygen atoms in total. The number of carbonyl (C=O) groups excluding carboxylic acids is 1. The molecule has 22 heavy (non-hydrogen) atoms. The fraction of sp³-hybridized carbons (Fsp3) is 0.462. The number of halogens is 3. The zero-order chi connectivity index (χ0) is 16.7. The van der Waals surface area contributed by atoms with E-state index in [1.807, 2.05) is 0 Å². The first-order valence-corrected chi connectivity index (χ1v) is 6.54. The van der Waals surface area contributed by atoms with Crippen LogP contribution in [0.15, 0.2) is 12.3 Å². The highest BCUT2D eigenvalue weighted by Gasteiger charge is 2.34. The number of nitrogens with one attached hydrogen (secondary N) is 1. The van der Waals surface area contributed by atoms with Crippen molar-refractivity contribution >= 4 is 11.6 Å². The highest BCUT2D eigenvalue weighted by Crippen LogP contribution is 2.28. The van der Waals surface area contributed by atoms with Crippen molar-refractivity contribution in [3.05, 3.63) is 29.3 Å². The molecule has 1 atom stereocenters. The van der Waals surface area contributed by atoms with Gasteiger partial charge in [0.1, 0.15) is 6.04 Å². The van der Waals surface area contributed by atoms with Gasteiger partial charge < -0.3 is 5.32 Å². The van der Waals surface area contributed by atoms with Crippen LogP contribution in [-0.2, 0) is 18.0 Å². The SMILES string of the molecule is Cc1nn(C)c(C)c1NC(=O)C(C)n1ccc(C(F)(F)F)n1. The van der Waals surface area contributed by atoms with E-state index in [0.29, 0.717) is 11.4 Å². The molecule has 1 unspecified atom stereocenters. The van der Waals surface area contributed by atoms with Crippen molar-refractivity contribution in [3.8, 4) is 0 Å². The molecule has 0 bridgehead atoms. The predicted octanol–water partition coefficient (Wildman–Crippen LogP) is 2.45. The van der Waals surface area contributed by atoms with Crippen LogP contribution < -0.4 is 5.32 Å². The standard InChI is InChI=1S/C13H16F3N5O/c1-7-11(8(2)20(4)18-7)17-12(22)9(3)21-6-5-10(19-21)13(14,15)16/h5-6,9H,1-4H3,(H,17,22). The Balaban J connectivity index is 2.17. The van der Waals surface area contributed by atoms with Gasteiger partial charge in [-0.15, -0.1) is 0 Å². The Bertz CT molecular complexity index is 701. The lowest BCUT2D eigenvalue weighted by molar-refractivity contribution is -0.141. The molecule has 1 amide bonds. The number of nitrogens with zero attached hydrogens (tertiary/aromatic N) is 4. The normalized spacial score (nSPS) is 13.2. The van der Waals surface area contributed by atoms with Crippen LogP contribution in [0.25, 0.3) is 0 Å². The number of hydrogen-bond acceptors (Lipinski definition) is 3. The summed E-state index contributed by atoms with van der Waals surface area (Å²) >= 11 is 0. The lowest BCUT2D eigenvalue weighted by Crippen LogP contribution is -2.25. The number of aromatic nitrogens is 4. The molecule has 0 fully saturated rings. The Hall–Kier alpha value is -2.32. The van der Waals surface area contributed by atoms with Crippen molar-refractivity contribution in [1.82, 2.24) is 19.6 Å². The third-order valence-electron chi connectivity index (χ3n) is 3.43. The van der Waals surface area contributed by atoms with E-state index in [1.165, 1.54) is 6.92 Å². The molecule has 120 valence electrons. The molecular weight excluding hydrogens is 299 g/mol. The van der Waals surface area contributed by atoms with Crippen molar-refractivity contribution in [2.24, 2.45) is 7.05 Å². The first-order valence-electron chi connectivity index (χ1n) is 6.54. The Kier molecular flexibility index (Phi) is 3.99. The van der Waals surface area contributed by atoms with Crippen LogP contribution in [0, 0.1) is 13.8 Å². The first kappa shape index (κ1) is 16.1. The molecule has 1 N–H and O–H groups in total. The van der Waals surface area contributed by atoms with Gasteiger partial charge in [0.2, 0.25) is 5.91 Å². The van der Waals surface area contributed by atoms with Gasteiger partial charge in [-0.3, -0.25) is 14.2 Å². The average Bonchev–Trinajstić information content (AvgIpc) is 2.99. The van der Waals surface area contributed by atoms with Gasteiger partial charge in [0.25, 0.3) is 0 Å². The van der Waals surface area contributed by atoms with E-state index >= 15 is 0 Å². The minimum absolute atomic E-state index is 0.462. The van der Waals surface area contributed by atoms with Crippen molar-refractivity contribution in [2.75, 3.05) is 5.32 Å². The fourth-order valence-corrected chi connectivity index (χ4v) is 2.01. The topological polar surface area (TPSA) is 64.7 Å². The molecule has 0 aliphatic heterocycles. The maximum absolute atomic E-state index is 12.5. The second-order valence-electron chi connectivity index (χ2n) is 5.01. The summed E-state index contributed by atoms with van der Waals surface area (Å²) in [5.41, 5.74) is 0.926. The molecule has 0 aliphatic carbocycles. The smallest absolute Gasteiger partial charge is 0.321 e. The molecule has 2 aromatic rings. The molecule has 2 aromatic heterocycles. The van der Waals surface area contributed by atoms with E-state index in [0.717, 1.165) is 22.6 Å². The quantitative estimate of drug-likeness (QED) is 0.946. The monoisotopic (exact) mass is 315 g/mol. The van der Waals surface area contributed by atoms with Gasteiger partial charge in [-0.05, 0) is 26.8 Å². The van der Waals surface area contributed by atoms with E-state index in [1.54, 1.807) is 25.6 Å². The van der Waals surface area contributed by atoms with Crippen molar-refractivity contribution in [3.63, 3.8) is 0 Å². The third kappa shape index (κ3) is 2.97. The Morgan fingerprint density at radius 2 is 1.95 bits per heavy atom. The lowest BCUT2D eigenvalue weighted by atomic mass is 10.2. The second kappa shape index (κ2) is 5.47. The van der Waals surface area contributed by atoms with Gasteiger partial charge >= 0.3 is 6.18 Å². The van der Waals surface area contributed by atoms with Gasteiger partial charge in [-0.25, -0.2) is 0 Å². The number of anilines is 1. The maximum atomic E-state index is 12.5. The summed E-state index contributed by atoms with van der Waals surface area (Å²) in [5.74, 6) is -0.462. The predicted molar refractivity (Wildman–Crippen MR) is 73.3 cm³/mol. The van der Waals surface area contributed by atoms with Crippen LogP contribution in [0.4, 0.5) is 18.9 Å². The van der Waals surface area contributed by atoms with Gasteiger partial charge in [0.15, 0.2) is 5.69 Å². The van der Waals surface area contributed by atoms with Crippen molar-refractivity contribution in [1.29, 1.82) is 0 Å². The number of rotatable bonds is 3. The zero-order valence-electron chi connectivity index (χ0n) is 12.6. The average molecular weight is 315 g/mol. The lowest BCUT2D eigenvalue weighted by Gasteiger charge is -2.13. The summed E-state index contributed by atoms with van der Waals surface area (Å²) in [6, 6.07) is -0.0419. The van der Waals surface area contributed by atoms with Gasteiger partial charge in [0.05, 0.1) is 17.1 Å². The third-order valence-corrected chi connectivity index (χ3v) is 3.43. The maximum Gasteiger partial charge on any atom is 0.435 e. The Labute approximate surface area is 124 Å². The second-order valence-corrected chi connectivity index (χ2v) is 5.01. The summed E-state index contributed by atoms with van der Waals surface area (Å²) in [5, 5.41) is 10.2. The van der Waals surface area contributed by atoms with Crippen LogP contribution in [0.5, 0.6) is 0 Å². The highest BCUT2D eigenvalue weighted by molar-refractivity contribution is 5.94. The highest BCUT2D eigenvalue weighted by atomic mass is 19.4. The number of alkyl halides is 3. The fourth-order valence-electron chi connectivity index (χ4n) is 2.01. The van der Waals surface area contributed by atoms with Crippen LogP contribution in [0.2, 0.25) is 0 Å². The van der Waals surface area contributed by atoms with Crippen molar-refractivity contribution in [2.45, 2.75) is 33.0 Å². The largest absolute Gasteiger partial charge is 0.435 e. The molecular formula is C13H16F3N5O. The van der Waals surface area contributed by atoms with E-state index in [-0.39, 0.29) is 0 Å². The summed E-state index contributed by atoms with van der Waals surface area (Å²) in [7, 11) is 1.74. The van der Waals surface area contributed by atoms with Gasteiger partial charge in [-0.1, -0.05) is 0 Å². The van der Waals surface area contributed by atoms with E-state index in [9.17, 15) is 18.0 Å². The number of hydrogen-bond donors (Lipinski definition) is 1. The zero-order valence-corrected chi connectivity index (χ0v) is 12.6. The molecule has 2 rings (SSSR count). The van der Waals surface area contributed by atoms with E-state index in [4.69, 9.17) is 0 Å². The summed E-state index contributed by atoms with van der Waals surface area (Å²) in [6.45, 7) is 5.00. The summed E-state index contributed by atoms with van der Waals surface area (Å²) in [4.78, 5) is 12.2. The van der Waals surface area contributed by atoms with Crippen LogP contribution in [-0.4, -0.2) is 25.5 Å². The number of carbonyl (C=O) groups is 1. The van der Waals surface area contributed by atoms with Crippen LogP contribution in [0.1, 0.15) is 30.0 Å². The molecule has 9 heteroatoms. The van der Waals surface area contributed by atoms with Crippen molar-refractivity contribution < 1.29 is 18.0 Å². The van der Waals surface area contributed by atoms with Gasteiger partial charge in [-0.2, -0.15) is 23.4 Å². The molecule has 0 radical (unpaired) electrons. The Morgan fingerprint density at radius 1 is 1.32 bits per heavy atom. The summed E-state index contributed by atoms with van der Waals surface area (Å²) in [6.07, 6.45) is -3.39. The van der Waals surface area contributed by atoms with Crippen LogP contribution >= 0.6 is 0 Å². The number of amides is 1. The Morgan fingerprint density at radius 3 is 2.41 bits per heavy atom. The van der Waals surface area contributed by atoms with E-state index < -0.39 is 23.8 Å². The molecule has 0 saturated carbocycles. The van der Waals surface area contributed by atoms with Gasteiger partial charge in [0, 0.05) is 13.2 Å². The molecule has 0 aromatic carbocycles. The molecule has 0 spiro atoms. The molecule has 2 heterocycles. The first-order chi connectivity index (χ1) is 10.1. The molecule has 0 aliphatic rings. The minimum Gasteiger partial charge on any atom is -0.321 e. The minimum atomic E-state index is -4.53. The molecule has 0 saturated heterocycles. The van der Waals surface area contributed by atoms with E-state index in [2.05, 4.69) is 15.5 Å². The summed E-state index contributed by atoms with van der Waals surface area (Å²) < 4.78 is 40.2.